The number of esters is 1. The van der Waals surface area contributed by atoms with E-state index in [-0.39, 0.29) is 5.69 Å². The number of rotatable bonds is 5. The Bertz CT molecular complexity index is 558. The molecule has 2 N–H and O–H groups in total. The van der Waals surface area contributed by atoms with Crippen molar-refractivity contribution in [3.8, 4) is 0 Å². The van der Waals surface area contributed by atoms with E-state index in [0.29, 0.717) is 6.42 Å². The molecule has 0 unspecified atom stereocenters. The maximum absolute atomic E-state index is 13.3. The molecule has 0 saturated heterocycles. The van der Waals surface area contributed by atoms with Gasteiger partial charge in [-0.05, 0) is 18.6 Å². The molecule has 0 aliphatic rings. The monoisotopic (exact) mass is 294 g/mol. The second-order valence-corrected chi connectivity index (χ2v) is 3.90. The molecule has 6 nitrogen and oxygen atoms in total. The molecule has 1 aromatic rings. The summed E-state index contributed by atoms with van der Waals surface area (Å²) in [5.74, 6) is -2.13. The predicted molar refractivity (Wildman–Crippen MR) is 74.0 cm³/mol. The van der Waals surface area contributed by atoms with Crippen molar-refractivity contribution in [3.63, 3.8) is 0 Å². The topological polar surface area (TPSA) is 84.5 Å². The van der Waals surface area contributed by atoms with E-state index in [4.69, 9.17) is 0 Å². The number of imide groups is 1. The van der Waals surface area contributed by atoms with Crippen LogP contribution in [0.2, 0.25) is 0 Å². The standard InChI is InChI=1S/C14H15FN2O4/c1-2-3-8-13(19)21-9-12(18)17-14(20)16-11-7-5-4-6-10(11)15/h3-8H,2,9H2,1H3,(H2,16,17,18,20)/b8-3+. The minimum atomic E-state index is -0.912. The molecular formula is C14H15FN2O4. The number of carbonyl (C=O) groups is 3. The highest BCUT2D eigenvalue weighted by molar-refractivity contribution is 6.02. The van der Waals surface area contributed by atoms with E-state index in [1.54, 1.807) is 6.08 Å². The molecule has 0 atom stereocenters. The van der Waals surface area contributed by atoms with E-state index >= 15 is 0 Å². The Morgan fingerprint density at radius 2 is 2.00 bits per heavy atom. The minimum absolute atomic E-state index is 0.0642. The quantitative estimate of drug-likeness (QED) is 0.642. The van der Waals surface area contributed by atoms with Crippen LogP contribution in [0.1, 0.15) is 13.3 Å². The first-order valence-corrected chi connectivity index (χ1v) is 6.21. The second-order valence-electron chi connectivity index (χ2n) is 3.90. The molecule has 0 radical (unpaired) electrons. The Morgan fingerprint density at radius 1 is 1.29 bits per heavy atom. The molecule has 1 aromatic carbocycles. The largest absolute Gasteiger partial charge is 0.452 e. The summed E-state index contributed by atoms with van der Waals surface area (Å²) >= 11 is 0. The molecule has 1 rings (SSSR count). The Morgan fingerprint density at radius 3 is 2.67 bits per heavy atom. The number of allylic oxidation sites excluding steroid dienone is 1. The predicted octanol–water partition coefficient (Wildman–Crippen LogP) is 1.98. The second kappa shape index (κ2) is 8.47. The zero-order valence-electron chi connectivity index (χ0n) is 11.4. The van der Waals surface area contributed by atoms with E-state index in [1.165, 1.54) is 30.3 Å². The van der Waals surface area contributed by atoms with Gasteiger partial charge in [-0.2, -0.15) is 0 Å². The van der Waals surface area contributed by atoms with Gasteiger partial charge in [0.2, 0.25) is 0 Å². The first kappa shape index (κ1) is 16.4. The summed E-state index contributed by atoms with van der Waals surface area (Å²) in [4.78, 5) is 33.9. The van der Waals surface area contributed by atoms with Crippen molar-refractivity contribution < 1.29 is 23.5 Å². The number of para-hydroxylation sites is 1. The van der Waals surface area contributed by atoms with E-state index in [1.807, 2.05) is 12.2 Å². The van der Waals surface area contributed by atoms with Gasteiger partial charge in [0, 0.05) is 6.08 Å². The van der Waals surface area contributed by atoms with Crippen molar-refractivity contribution in [1.29, 1.82) is 0 Å². The molecular weight excluding hydrogens is 279 g/mol. The van der Waals surface area contributed by atoms with Gasteiger partial charge >= 0.3 is 12.0 Å². The fourth-order valence-electron chi connectivity index (χ4n) is 1.28. The zero-order valence-corrected chi connectivity index (χ0v) is 11.4. The molecule has 0 saturated carbocycles. The van der Waals surface area contributed by atoms with Crippen LogP contribution in [0.4, 0.5) is 14.9 Å². The van der Waals surface area contributed by atoms with Gasteiger partial charge in [-0.1, -0.05) is 25.1 Å². The van der Waals surface area contributed by atoms with Crippen LogP contribution in [-0.2, 0) is 14.3 Å². The van der Waals surface area contributed by atoms with Gasteiger partial charge in [0.1, 0.15) is 5.82 Å². The van der Waals surface area contributed by atoms with Crippen LogP contribution in [-0.4, -0.2) is 24.5 Å². The van der Waals surface area contributed by atoms with E-state index in [2.05, 4.69) is 10.1 Å². The lowest BCUT2D eigenvalue weighted by atomic mass is 10.3. The normalized spacial score (nSPS) is 10.2. The van der Waals surface area contributed by atoms with E-state index < -0.39 is 30.3 Å². The van der Waals surface area contributed by atoms with Crippen LogP contribution < -0.4 is 10.6 Å². The third-order valence-corrected chi connectivity index (χ3v) is 2.21. The number of carbonyl (C=O) groups excluding carboxylic acids is 3. The van der Waals surface area contributed by atoms with Crippen LogP contribution >= 0.6 is 0 Å². The number of halogens is 1. The lowest BCUT2D eigenvalue weighted by molar-refractivity contribution is -0.143. The number of hydrogen-bond acceptors (Lipinski definition) is 4. The molecule has 0 bridgehead atoms. The number of benzene rings is 1. The average molecular weight is 294 g/mol. The van der Waals surface area contributed by atoms with Gasteiger partial charge < -0.3 is 10.1 Å². The van der Waals surface area contributed by atoms with Crippen molar-refractivity contribution in [1.82, 2.24) is 5.32 Å². The van der Waals surface area contributed by atoms with E-state index in [9.17, 15) is 18.8 Å². The molecule has 0 aromatic heterocycles. The van der Waals surface area contributed by atoms with Gasteiger partial charge in [0.05, 0.1) is 5.69 Å². The average Bonchev–Trinajstić information content (AvgIpc) is 2.45. The molecule has 0 fully saturated rings. The molecule has 112 valence electrons. The highest BCUT2D eigenvalue weighted by Gasteiger charge is 2.11. The number of anilines is 1. The van der Waals surface area contributed by atoms with Crippen molar-refractivity contribution in [2.24, 2.45) is 0 Å². The molecule has 0 spiro atoms. The summed E-state index contributed by atoms with van der Waals surface area (Å²) in [5, 5.41) is 4.07. The Kier molecular flexibility index (Phi) is 6.59. The highest BCUT2D eigenvalue weighted by atomic mass is 19.1. The van der Waals surface area contributed by atoms with Gasteiger partial charge in [0.15, 0.2) is 6.61 Å². The molecule has 7 heteroatoms. The van der Waals surface area contributed by atoms with Crippen LogP contribution in [0, 0.1) is 5.82 Å². The highest BCUT2D eigenvalue weighted by Crippen LogP contribution is 2.11. The fourth-order valence-corrected chi connectivity index (χ4v) is 1.28. The van der Waals surface area contributed by atoms with Gasteiger partial charge in [0.25, 0.3) is 5.91 Å². The Hall–Kier alpha value is -2.70. The first-order valence-electron chi connectivity index (χ1n) is 6.21. The Balaban J connectivity index is 2.38. The third kappa shape index (κ3) is 6.33. The summed E-state index contributed by atoms with van der Waals surface area (Å²) < 4.78 is 17.8. The summed E-state index contributed by atoms with van der Waals surface area (Å²) in [5.41, 5.74) is -0.0642. The van der Waals surface area contributed by atoms with Crippen LogP contribution in [0.5, 0.6) is 0 Å². The number of ether oxygens (including phenoxy) is 1. The van der Waals surface area contributed by atoms with E-state index in [0.717, 1.165) is 0 Å². The Labute approximate surface area is 121 Å². The number of hydrogen-bond donors (Lipinski definition) is 2. The smallest absolute Gasteiger partial charge is 0.330 e. The van der Waals surface area contributed by atoms with Crippen LogP contribution in [0.3, 0.4) is 0 Å². The lowest BCUT2D eigenvalue weighted by Crippen LogP contribution is -2.37. The molecule has 21 heavy (non-hydrogen) atoms. The molecule has 0 aliphatic heterocycles. The summed E-state index contributed by atoms with van der Waals surface area (Å²) in [6.45, 7) is 1.24. The number of amides is 3. The summed E-state index contributed by atoms with van der Waals surface area (Å²) in [6.07, 6.45) is 3.42. The maximum Gasteiger partial charge on any atom is 0.330 e. The van der Waals surface area contributed by atoms with Crippen molar-refractivity contribution >= 4 is 23.6 Å². The van der Waals surface area contributed by atoms with Crippen LogP contribution in [0.15, 0.2) is 36.4 Å². The minimum Gasteiger partial charge on any atom is -0.452 e. The van der Waals surface area contributed by atoms with Crippen molar-refractivity contribution in [2.75, 3.05) is 11.9 Å². The first-order chi connectivity index (χ1) is 10.0. The van der Waals surface area contributed by atoms with Crippen molar-refractivity contribution in [3.05, 3.63) is 42.2 Å². The van der Waals surface area contributed by atoms with Gasteiger partial charge in [-0.15, -0.1) is 0 Å². The lowest BCUT2D eigenvalue weighted by Gasteiger charge is -2.07. The van der Waals surface area contributed by atoms with Gasteiger partial charge in [-0.25, -0.2) is 14.0 Å². The molecule has 3 amide bonds. The third-order valence-electron chi connectivity index (χ3n) is 2.21. The summed E-state index contributed by atoms with van der Waals surface area (Å²) in [6, 6.07) is 4.59. The van der Waals surface area contributed by atoms with Crippen LogP contribution in [0.25, 0.3) is 0 Å². The van der Waals surface area contributed by atoms with Gasteiger partial charge in [-0.3, -0.25) is 10.1 Å². The maximum atomic E-state index is 13.3. The number of urea groups is 1. The number of nitrogens with one attached hydrogen (secondary N) is 2. The van der Waals surface area contributed by atoms with Crippen molar-refractivity contribution in [2.45, 2.75) is 13.3 Å². The molecule has 0 heterocycles. The zero-order chi connectivity index (χ0) is 15.7. The SMILES string of the molecule is CC/C=C/C(=O)OCC(=O)NC(=O)Nc1ccccc1F. The summed E-state index contributed by atoms with van der Waals surface area (Å²) in [7, 11) is 0. The molecule has 0 aliphatic carbocycles. The fraction of sp³-hybridized carbons (Fsp3) is 0.214.